The maximum Gasteiger partial charge on any atom is 0.416 e. The van der Waals surface area contributed by atoms with Gasteiger partial charge >= 0.3 is 6.18 Å². The minimum atomic E-state index is -4.45. The van der Waals surface area contributed by atoms with Crippen molar-refractivity contribution in [1.82, 2.24) is 19.7 Å². The lowest BCUT2D eigenvalue weighted by Gasteiger charge is -2.39. The predicted molar refractivity (Wildman–Crippen MR) is 198 cm³/mol. The van der Waals surface area contributed by atoms with Crippen LogP contribution in [0.15, 0.2) is 108 Å². The number of benzene rings is 3. The number of carbonyl (C=O) groups excluding carboxylic acids is 2. The lowest BCUT2D eigenvalue weighted by Crippen LogP contribution is -2.56. The average molecular weight is 762 g/mol. The molecule has 3 aromatic carbocycles. The zero-order valence-electron chi connectivity index (χ0n) is 28.9. The smallest absolute Gasteiger partial charge is 0.338 e. The van der Waals surface area contributed by atoms with Gasteiger partial charge in [0.1, 0.15) is 10.6 Å². The Morgan fingerprint density at radius 3 is 2.14 bits per heavy atom. The van der Waals surface area contributed by atoms with Crippen LogP contribution < -0.4 is 0 Å². The standard InChI is InChI=1S/C41H44BrF3N4O2/c1-2-3-5-8-31-11-13-34(14-12-31)30-49(39(50)22-18-32-15-19-36(20-16-32)41(43,44)45)37(27-33-9-6-4-7-10-33)40(51)48-25-23-47(24-26-48)29-35-17-21-38(42)46-28-35/h4,6-7,9-22,28,37H,2-3,5,8,23-27,29-30H2,1H3/b22-18+/t37-/m0/s1. The summed E-state index contributed by atoms with van der Waals surface area (Å²) in [5, 5.41) is 0. The van der Waals surface area contributed by atoms with E-state index in [0.717, 1.165) is 65.7 Å². The van der Waals surface area contributed by atoms with Gasteiger partial charge in [0.05, 0.1) is 5.56 Å². The first-order valence-electron chi connectivity index (χ1n) is 17.5. The van der Waals surface area contributed by atoms with Gasteiger partial charge in [-0.3, -0.25) is 14.5 Å². The van der Waals surface area contributed by atoms with Crippen LogP contribution in [0.1, 0.15) is 59.6 Å². The average Bonchev–Trinajstić information content (AvgIpc) is 3.14. The van der Waals surface area contributed by atoms with Crippen molar-refractivity contribution in [2.45, 2.75) is 64.3 Å². The highest BCUT2D eigenvalue weighted by atomic mass is 79.9. The van der Waals surface area contributed by atoms with Gasteiger partial charge in [-0.15, -0.1) is 0 Å². The second kappa shape index (κ2) is 18.3. The molecule has 5 rings (SSSR count). The van der Waals surface area contributed by atoms with E-state index in [0.29, 0.717) is 38.2 Å². The number of unbranched alkanes of at least 4 members (excludes halogenated alkanes) is 2. The minimum Gasteiger partial charge on any atom is -0.338 e. The SMILES string of the molecule is CCCCCc1ccc(CN(C(=O)/C=C/c2ccc(C(F)(F)F)cc2)[C@@H](Cc2ccccc2)C(=O)N2CCN(Cc3ccc(Br)nc3)CC2)cc1. The van der Waals surface area contributed by atoms with Crippen LogP contribution in [0.2, 0.25) is 0 Å². The topological polar surface area (TPSA) is 56.8 Å². The van der Waals surface area contributed by atoms with Gasteiger partial charge in [0.25, 0.3) is 0 Å². The van der Waals surface area contributed by atoms with Crippen molar-refractivity contribution in [2.75, 3.05) is 26.2 Å². The monoisotopic (exact) mass is 760 g/mol. The van der Waals surface area contributed by atoms with Crippen LogP contribution in [0.3, 0.4) is 0 Å². The molecule has 1 aliphatic rings. The number of piperazine rings is 1. The van der Waals surface area contributed by atoms with Crippen molar-refractivity contribution < 1.29 is 22.8 Å². The number of amides is 2. The maximum absolute atomic E-state index is 14.5. The van der Waals surface area contributed by atoms with E-state index >= 15 is 0 Å². The number of aryl methyl sites for hydroxylation is 1. The first-order chi connectivity index (χ1) is 24.6. The fraction of sp³-hybridized carbons (Fsp3) is 0.341. The first kappa shape index (κ1) is 38.0. The number of halogens is 4. The third-order valence-corrected chi connectivity index (χ3v) is 9.67. The number of hydrogen-bond acceptors (Lipinski definition) is 4. The van der Waals surface area contributed by atoms with Gasteiger partial charge in [0, 0.05) is 58.0 Å². The first-order valence-corrected chi connectivity index (χ1v) is 18.3. The molecule has 51 heavy (non-hydrogen) atoms. The van der Waals surface area contributed by atoms with Crippen LogP contribution >= 0.6 is 15.9 Å². The minimum absolute atomic E-state index is 0.128. The predicted octanol–water partition coefficient (Wildman–Crippen LogP) is 8.59. The van der Waals surface area contributed by atoms with Gasteiger partial charge in [0.2, 0.25) is 11.8 Å². The molecule has 2 heterocycles. The number of rotatable bonds is 14. The molecule has 0 unspecified atom stereocenters. The molecule has 1 aliphatic heterocycles. The summed E-state index contributed by atoms with van der Waals surface area (Å²) >= 11 is 3.38. The Balaban J connectivity index is 1.40. The summed E-state index contributed by atoms with van der Waals surface area (Å²) in [6, 6.07) is 25.7. The largest absolute Gasteiger partial charge is 0.416 e. The molecule has 1 saturated heterocycles. The number of pyridine rings is 1. The van der Waals surface area contributed by atoms with Crippen molar-refractivity contribution in [3.05, 3.63) is 141 Å². The Kier molecular flexibility index (Phi) is 13.6. The van der Waals surface area contributed by atoms with Gasteiger partial charge in [-0.2, -0.15) is 13.2 Å². The summed E-state index contributed by atoms with van der Waals surface area (Å²) in [6.45, 7) is 5.50. The lowest BCUT2D eigenvalue weighted by molar-refractivity contribution is -0.145. The van der Waals surface area contributed by atoms with Crippen LogP contribution in [0.5, 0.6) is 0 Å². The second-order valence-electron chi connectivity index (χ2n) is 13.0. The summed E-state index contributed by atoms with van der Waals surface area (Å²) in [4.78, 5) is 38.8. The van der Waals surface area contributed by atoms with Gasteiger partial charge in [-0.25, -0.2) is 4.98 Å². The van der Waals surface area contributed by atoms with E-state index < -0.39 is 23.7 Å². The molecule has 0 radical (unpaired) electrons. The quantitative estimate of drug-likeness (QED) is 0.0735. The summed E-state index contributed by atoms with van der Waals surface area (Å²) in [5.41, 5.74) is 3.83. The fourth-order valence-electron chi connectivity index (χ4n) is 6.24. The number of aromatic nitrogens is 1. The molecule has 6 nitrogen and oxygen atoms in total. The Morgan fingerprint density at radius 1 is 0.843 bits per heavy atom. The highest BCUT2D eigenvalue weighted by Crippen LogP contribution is 2.29. The van der Waals surface area contributed by atoms with Crippen molar-refractivity contribution in [3.63, 3.8) is 0 Å². The Hall–Kier alpha value is -4.28. The zero-order chi connectivity index (χ0) is 36.2. The number of alkyl halides is 3. The highest BCUT2D eigenvalue weighted by Gasteiger charge is 2.34. The van der Waals surface area contributed by atoms with E-state index in [2.05, 4.69) is 44.9 Å². The van der Waals surface area contributed by atoms with Crippen LogP contribution in [0.25, 0.3) is 6.08 Å². The van der Waals surface area contributed by atoms with Gasteiger partial charge in [-0.1, -0.05) is 92.6 Å². The normalized spacial score (nSPS) is 14.5. The molecule has 0 bridgehead atoms. The third-order valence-electron chi connectivity index (χ3n) is 9.20. The summed E-state index contributed by atoms with van der Waals surface area (Å²) in [5.74, 6) is -0.520. The Bertz CT molecular complexity index is 1720. The van der Waals surface area contributed by atoms with E-state index in [9.17, 15) is 22.8 Å². The summed E-state index contributed by atoms with van der Waals surface area (Å²) < 4.78 is 40.3. The molecule has 1 aromatic heterocycles. The molecule has 2 amide bonds. The van der Waals surface area contributed by atoms with Gasteiger partial charge in [-0.05, 0) is 80.9 Å². The number of nitrogens with zero attached hydrogens (tertiary/aromatic N) is 4. The third kappa shape index (κ3) is 11.4. The summed E-state index contributed by atoms with van der Waals surface area (Å²) in [6.07, 6.45) is 4.97. The maximum atomic E-state index is 14.5. The molecular formula is C41H44BrF3N4O2. The molecule has 1 fully saturated rings. The van der Waals surface area contributed by atoms with E-state index in [1.807, 2.05) is 65.7 Å². The van der Waals surface area contributed by atoms with Crippen LogP contribution in [-0.4, -0.2) is 63.7 Å². The summed E-state index contributed by atoms with van der Waals surface area (Å²) in [7, 11) is 0. The van der Waals surface area contributed by atoms with Crippen LogP contribution in [0, 0.1) is 0 Å². The van der Waals surface area contributed by atoms with E-state index in [4.69, 9.17) is 0 Å². The van der Waals surface area contributed by atoms with Crippen molar-refractivity contribution in [1.29, 1.82) is 0 Å². The van der Waals surface area contributed by atoms with Crippen LogP contribution in [-0.2, 0) is 41.7 Å². The van der Waals surface area contributed by atoms with Crippen LogP contribution in [0.4, 0.5) is 13.2 Å². The molecule has 1 atom stereocenters. The molecule has 0 aliphatic carbocycles. The van der Waals surface area contributed by atoms with Crippen molar-refractivity contribution >= 4 is 33.8 Å². The molecule has 268 valence electrons. The van der Waals surface area contributed by atoms with Gasteiger partial charge < -0.3 is 9.80 Å². The molecular weight excluding hydrogens is 717 g/mol. The molecule has 0 saturated carbocycles. The number of hydrogen-bond donors (Lipinski definition) is 0. The van der Waals surface area contributed by atoms with E-state index in [-0.39, 0.29) is 12.5 Å². The number of carbonyl (C=O) groups is 2. The fourth-order valence-corrected chi connectivity index (χ4v) is 6.47. The van der Waals surface area contributed by atoms with Crippen molar-refractivity contribution in [2.24, 2.45) is 0 Å². The Morgan fingerprint density at radius 2 is 1.51 bits per heavy atom. The van der Waals surface area contributed by atoms with E-state index in [1.165, 1.54) is 29.8 Å². The van der Waals surface area contributed by atoms with Crippen molar-refractivity contribution in [3.8, 4) is 0 Å². The molecule has 0 N–H and O–H groups in total. The molecule has 4 aromatic rings. The Labute approximate surface area is 307 Å². The lowest BCUT2D eigenvalue weighted by atomic mass is 10.0. The van der Waals surface area contributed by atoms with E-state index in [1.54, 1.807) is 4.90 Å². The zero-order valence-corrected chi connectivity index (χ0v) is 30.5. The molecule has 0 spiro atoms. The highest BCUT2D eigenvalue weighted by molar-refractivity contribution is 9.10. The van der Waals surface area contributed by atoms with Gasteiger partial charge in [0.15, 0.2) is 0 Å². The second-order valence-corrected chi connectivity index (χ2v) is 13.8. The molecule has 10 heteroatoms.